The Morgan fingerprint density at radius 1 is 0.939 bits per heavy atom. The number of nitrogens with zero attached hydrogens (tertiary/aromatic N) is 5. The Morgan fingerprint density at radius 2 is 1.73 bits per heavy atom. The summed E-state index contributed by atoms with van der Waals surface area (Å²) < 4.78 is 5.91. The lowest BCUT2D eigenvalue weighted by molar-refractivity contribution is -0.134. The molecule has 3 fully saturated rings. The number of amides is 3. The van der Waals surface area contributed by atoms with E-state index >= 15 is 0 Å². The number of nitrogens with one attached hydrogen (secondary N) is 2. The summed E-state index contributed by atoms with van der Waals surface area (Å²) in [5.41, 5.74) is 11.8. The first-order chi connectivity index (χ1) is 23.9. The van der Waals surface area contributed by atoms with Crippen molar-refractivity contribution in [2.75, 3.05) is 29.9 Å². The summed E-state index contributed by atoms with van der Waals surface area (Å²) >= 11 is 0. The molecule has 4 aromatic rings. The van der Waals surface area contributed by atoms with Gasteiger partial charge in [0.2, 0.25) is 11.8 Å². The number of anilines is 3. The third kappa shape index (κ3) is 6.25. The lowest BCUT2D eigenvalue weighted by atomic mass is 9.80. The number of benzene rings is 2. The minimum atomic E-state index is -0.604. The highest BCUT2D eigenvalue weighted by atomic mass is 16.5. The van der Waals surface area contributed by atoms with Gasteiger partial charge in [-0.15, -0.1) is 0 Å². The maximum atomic E-state index is 12.6. The summed E-state index contributed by atoms with van der Waals surface area (Å²) in [7, 11) is 0. The molecule has 5 heterocycles. The number of imide groups is 1. The van der Waals surface area contributed by atoms with E-state index in [1.165, 1.54) is 23.1 Å². The van der Waals surface area contributed by atoms with E-state index in [1.54, 1.807) is 6.20 Å². The summed E-state index contributed by atoms with van der Waals surface area (Å²) in [6, 6.07) is 13.1. The van der Waals surface area contributed by atoms with Crippen LogP contribution < -0.4 is 21.3 Å². The minimum absolute atomic E-state index is 0.141. The van der Waals surface area contributed by atoms with Gasteiger partial charge in [-0.05, 0) is 93.0 Å². The SMILES string of the molecule is NC(=O)c1ncc(N2CCCCC2)nc1Nc1ccc([C@H]2CC[C@H](N3CCc4ccc5c(C6CCC(=O)NC6=O)noc5c4C3)CC2)cc1. The zero-order valence-electron chi connectivity index (χ0n) is 27.6. The number of hydrogen-bond acceptors (Lipinski definition) is 10. The van der Waals surface area contributed by atoms with Crippen LogP contribution in [0.5, 0.6) is 0 Å². The van der Waals surface area contributed by atoms with Gasteiger partial charge < -0.3 is 20.5 Å². The summed E-state index contributed by atoms with van der Waals surface area (Å²) in [6.07, 6.45) is 11.3. The molecule has 1 aliphatic carbocycles. The van der Waals surface area contributed by atoms with Crippen LogP contribution in [0.25, 0.3) is 11.0 Å². The normalized spacial score (nSPS) is 23.3. The second kappa shape index (κ2) is 13.2. The summed E-state index contributed by atoms with van der Waals surface area (Å²) in [4.78, 5) is 50.3. The molecule has 4 aliphatic rings. The molecule has 1 saturated carbocycles. The minimum Gasteiger partial charge on any atom is -0.364 e. The quantitative estimate of drug-likeness (QED) is 0.229. The molecule has 2 aromatic carbocycles. The molecule has 49 heavy (non-hydrogen) atoms. The first kappa shape index (κ1) is 31.4. The van der Waals surface area contributed by atoms with Gasteiger partial charge in [0.15, 0.2) is 17.1 Å². The van der Waals surface area contributed by atoms with Gasteiger partial charge >= 0.3 is 0 Å². The Bertz CT molecular complexity index is 1890. The van der Waals surface area contributed by atoms with Crippen molar-refractivity contribution >= 4 is 46.0 Å². The third-order valence-corrected chi connectivity index (χ3v) is 11.0. The monoisotopic (exact) mass is 662 g/mol. The Labute approximate surface area is 284 Å². The molecule has 12 heteroatoms. The number of piperidine rings is 2. The first-order valence-electron chi connectivity index (χ1n) is 17.7. The van der Waals surface area contributed by atoms with E-state index in [0.717, 1.165) is 93.6 Å². The smallest absolute Gasteiger partial charge is 0.271 e. The molecule has 1 unspecified atom stereocenters. The number of carbonyl (C=O) groups is 3. The maximum Gasteiger partial charge on any atom is 0.271 e. The van der Waals surface area contributed by atoms with E-state index in [4.69, 9.17) is 15.2 Å². The maximum absolute atomic E-state index is 12.6. The molecule has 8 rings (SSSR count). The lowest BCUT2D eigenvalue weighted by Gasteiger charge is -2.39. The zero-order chi connectivity index (χ0) is 33.5. The predicted octanol–water partition coefficient (Wildman–Crippen LogP) is 5.06. The Kier molecular flexibility index (Phi) is 8.48. The number of fused-ring (bicyclic) bond motifs is 3. The second-order valence-corrected chi connectivity index (χ2v) is 14.0. The topological polar surface area (TPSA) is 160 Å². The van der Waals surface area contributed by atoms with Crippen molar-refractivity contribution < 1.29 is 18.9 Å². The lowest BCUT2D eigenvalue weighted by Crippen LogP contribution is -2.41. The molecule has 254 valence electrons. The van der Waals surface area contributed by atoms with Gasteiger partial charge in [-0.25, -0.2) is 9.97 Å². The number of primary amides is 1. The molecule has 0 radical (unpaired) electrons. The summed E-state index contributed by atoms with van der Waals surface area (Å²) in [5, 5.41) is 11.0. The molecule has 0 bridgehead atoms. The number of aromatic nitrogens is 3. The molecular weight excluding hydrogens is 620 g/mol. The van der Waals surface area contributed by atoms with Gasteiger partial charge in [-0.2, -0.15) is 0 Å². The molecule has 2 aromatic heterocycles. The Morgan fingerprint density at radius 3 is 2.49 bits per heavy atom. The highest BCUT2D eigenvalue weighted by Gasteiger charge is 2.34. The third-order valence-electron chi connectivity index (χ3n) is 11.0. The van der Waals surface area contributed by atoms with E-state index in [-0.39, 0.29) is 17.5 Å². The fourth-order valence-corrected chi connectivity index (χ4v) is 8.26. The standard InChI is InChI=1S/C37H42N8O4/c38-35(47)33-36(41-30(20-39-33)44-17-2-1-3-18-44)40-25-9-4-22(5-10-25)23-6-11-26(12-7-23)45-19-16-24-8-13-27-32(43-49-34(27)29(24)21-45)28-14-15-31(46)42-37(28)48/h4-5,8-10,13,20,23,26,28H,1-3,6-7,11-12,14-19,21H2,(H2,38,47)(H,40,41)(H,42,46,48)/t23-,26-,28?. The van der Waals surface area contributed by atoms with Crippen molar-refractivity contribution in [3.05, 3.63) is 70.7 Å². The molecule has 0 spiro atoms. The van der Waals surface area contributed by atoms with Crippen LogP contribution in [0.1, 0.15) is 102 Å². The van der Waals surface area contributed by atoms with Crippen LogP contribution >= 0.6 is 0 Å². The number of nitrogens with two attached hydrogens (primary N) is 1. The van der Waals surface area contributed by atoms with Gasteiger partial charge in [0.25, 0.3) is 5.91 Å². The van der Waals surface area contributed by atoms with Crippen LogP contribution in [-0.4, -0.2) is 63.4 Å². The molecule has 4 N–H and O–H groups in total. The summed E-state index contributed by atoms with van der Waals surface area (Å²) in [6.45, 7) is 3.69. The first-order valence-corrected chi connectivity index (χ1v) is 17.7. The molecular formula is C37H42N8O4. The van der Waals surface area contributed by atoms with Gasteiger partial charge in [-0.1, -0.05) is 23.4 Å². The highest BCUT2D eigenvalue weighted by Crippen LogP contribution is 2.39. The molecule has 3 aliphatic heterocycles. The van der Waals surface area contributed by atoms with Gasteiger partial charge in [0.05, 0.1) is 12.1 Å². The van der Waals surface area contributed by atoms with Crippen molar-refractivity contribution in [1.29, 1.82) is 0 Å². The Hall–Kier alpha value is -4.84. The van der Waals surface area contributed by atoms with Crippen LogP contribution in [0.3, 0.4) is 0 Å². The van der Waals surface area contributed by atoms with Crippen molar-refractivity contribution in [1.82, 2.24) is 25.3 Å². The number of hydrogen-bond donors (Lipinski definition) is 3. The molecule has 1 atom stereocenters. The molecule has 12 nitrogen and oxygen atoms in total. The van der Waals surface area contributed by atoms with E-state index in [1.807, 2.05) is 6.07 Å². The summed E-state index contributed by atoms with van der Waals surface area (Å²) in [5.74, 6) is 0.0511. The zero-order valence-corrected chi connectivity index (χ0v) is 27.6. The van der Waals surface area contributed by atoms with Crippen LogP contribution in [0.15, 0.2) is 47.1 Å². The van der Waals surface area contributed by atoms with Crippen LogP contribution in [0.4, 0.5) is 17.3 Å². The second-order valence-electron chi connectivity index (χ2n) is 14.0. The van der Waals surface area contributed by atoms with E-state index in [2.05, 4.69) is 60.9 Å². The molecule has 3 amide bonds. The van der Waals surface area contributed by atoms with Gasteiger partial charge in [-0.3, -0.25) is 24.6 Å². The van der Waals surface area contributed by atoms with Crippen LogP contribution in [0, 0.1) is 0 Å². The van der Waals surface area contributed by atoms with Crippen molar-refractivity contribution in [3.63, 3.8) is 0 Å². The van der Waals surface area contributed by atoms with E-state index < -0.39 is 11.8 Å². The van der Waals surface area contributed by atoms with Crippen molar-refractivity contribution in [2.45, 2.75) is 88.6 Å². The van der Waals surface area contributed by atoms with Crippen LogP contribution in [0.2, 0.25) is 0 Å². The largest absolute Gasteiger partial charge is 0.364 e. The fraction of sp³-hybridized carbons (Fsp3) is 0.459. The number of rotatable bonds is 7. The highest BCUT2D eigenvalue weighted by molar-refractivity contribution is 6.02. The average Bonchev–Trinajstić information content (AvgIpc) is 3.56. The Balaban J connectivity index is 0.909. The van der Waals surface area contributed by atoms with Crippen molar-refractivity contribution in [3.8, 4) is 0 Å². The molecule has 2 saturated heterocycles. The van der Waals surface area contributed by atoms with E-state index in [9.17, 15) is 14.4 Å². The fourth-order valence-electron chi connectivity index (χ4n) is 8.26. The van der Waals surface area contributed by atoms with E-state index in [0.29, 0.717) is 36.3 Å². The average molecular weight is 663 g/mol. The van der Waals surface area contributed by atoms with Crippen molar-refractivity contribution in [2.24, 2.45) is 5.73 Å². The predicted molar refractivity (Wildman–Crippen MR) is 185 cm³/mol. The van der Waals surface area contributed by atoms with Gasteiger partial charge in [0.1, 0.15) is 11.5 Å². The van der Waals surface area contributed by atoms with Crippen LogP contribution in [-0.2, 0) is 22.6 Å². The number of carbonyl (C=O) groups excluding carboxylic acids is 3. The van der Waals surface area contributed by atoms with Gasteiger partial charge in [0, 0.05) is 55.3 Å².